The summed E-state index contributed by atoms with van der Waals surface area (Å²) in [6.07, 6.45) is -0.715. The zero-order valence-electron chi connectivity index (χ0n) is 9.84. The predicted octanol–water partition coefficient (Wildman–Crippen LogP) is 2.25. The van der Waals surface area contributed by atoms with Crippen LogP contribution in [0.25, 0.3) is 10.9 Å². The van der Waals surface area contributed by atoms with Gasteiger partial charge in [0, 0.05) is 10.6 Å². The number of hydrogen-bond acceptors (Lipinski definition) is 3. The van der Waals surface area contributed by atoms with Gasteiger partial charge in [0.25, 0.3) is 5.56 Å². The van der Waals surface area contributed by atoms with Gasteiger partial charge in [-0.3, -0.25) is 4.79 Å². The molecule has 0 spiro atoms. The fourth-order valence-electron chi connectivity index (χ4n) is 2.10. The molecule has 1 aromatic carbocycles. The summed E-state index contributed by atoms with van der Waals surface area (Å²) >= 11 is 6.10. The molecule has 0 bridgehead atoms. The van der Waals surface area contributed by atoms with Crippen LogP contribution in [0.2, 0.25) is 5.02 Å². The molecule has 0 aliphatic rings. The van der Waals surface area contributed by atoms with Crippen molar-refractivity contribution in [3.63, 3.8) is 0 Å². The van der Waals surface area contributed by atoms with Crippen molar-refractivity contribution in [1.29, 1.82) is 0 Å². The molecule has 0 saturated carbocycles. The molecule has 2 rings (SSSR count). The number of nitrogens with one attached hydrogen (secondary N) is 1. The number of aromatic amines is 1. The first-order chi connectivity index (χ1) is 7.91. The molecule has 0 saturated heterocycles. The Morgan fingerprint density at radius 3 is 2.71 bits per heavy atom. The molecule has 1 aromatic heterocycles. The quantitative estimate of drug-likeness (QED) is 0.818. The maximum Gasteiger partial charge on any atom is 0.259 e. The highest BCUT2D eigenvalue weighted by Gasteiger charge is 2.16. The van der Waals surface area contributed by atoms with Gasteiger partial charge in [-0.25, -0.2) is 4.98 Å². The van der Waals surface area contributed by atoms with E-state index >= 15 is 0 Å². The summed E-state index contributed by atoms with van der Waals surface area (Å²) in [4.78, 5) is 18.8. The minimum Gasteiger partial charge on any atom is -0.389 e. The van der Waals surface area contributed by atoms with Gasteiger partial charge in [0.2, 0.25) is 0 Å². The Hall–Kier alpha value is -1.39. The molecule has 4 nitrogen and oxygen atoms in total. The molecular weight excluding hydrogens is 240 g/mol. The fourth-order valence-corrected chi connectivity index (χ4v) is 2.50. The number of H-pyrrole nitrogens is 1. The lowest BCUT2D eigenvalue weighted by molar-refractivity contribution is 0.199. The van der Waals surface area contributed by atoms with Crippen molar-refractivity contribution < 1.29 is 5.11 Å². The Morgan fingerprint density at radius 2 is 2.12 bits per heavy atom. The third kappa shape index (κ3) is 1.94. The van der Waals surface area contributed by atoms with E-state index in [1.807, 2.05) is 0 Å². The molecule has 0 aliphatic heterocycles. The second kappa shape index (κ2) is 4.13. The molecule has 0 radical (unpaired) electrons. The summed E-state index contributed by atoms with van der Waals surface area (Å²) in [6.45, 7) is 5.10. The lowest BCUT2D eigenvalue weighted by Gasteiger charge is -2.13. The summed E-state index contributed by atoms with van der Waals surface area (Å²) in [6, 6.07) is 1.62. The van der Waals surface area contributed by atoms with Crippen LogP contribution in [0.3, 0.4) is 0 Å². The largest absolute Gasteiger partial charge is 0.389 e. The highest BCUT2D eigenvalue weighted by molar-refractivity contribution is 6.32. The molecule has 1 unspecified atom stereocenters. The van der Waals surface area contributed by atoms with Gasteiger partial charge >= 0.3 is 0 Å². The summed E-state index contributed by atoms with van der Waals surface area (Å²) in [5, 5.41) is 10.6. The van der Waals surface area contributed by atoms with Crippen molar-refractivity contribution in [2.75, 3.05) is 0 Å². The average molecular weight is 253 g/mol. The second-order valence-electron chi connectivity index (χ2n) is 4.12. The van der Waals surface area contributed by atoms with Gasteiger partial charge in [-0.15, -0.1) is 0 Å². The first kappa shape index (κ1) is 12.1. The third-order valence-corrected chi connectivity index (χ3v) is 3.10. The van der Waals surface area contributed by atoms with Crippen molar-refractivity contribution in [2.45, 2.75) is 26.9 Å². The van der Waals surface area contributed by atoms with Gasteiger partial charge in [-0.1, -0.05) is 11.6 Å². The molecule has 0 aliphatic carbocycles. The van der Waals surface area contributed by atoms with Crippen LogP contribution in [0.1, 0.15) is 30.0 Å². The molecule has 0 fully saturated rings. The molecule has 2 aromatic rings. The Morgan fingerprint density at radius 1 is 1.47 bits per heavy atom. The smallest absolute Gasteiger partial charge is 0.259 e. The normalized spacial score (nSPS) is 13.0. The number of fused-ring (bicyclic) bond motifs is 1. The Labute approximate surface area is 103 Å². The highest BCUT2D eigenvalue weighted by Crippen LogP contribution is 2.30. The van der Waals surface area contributed by atoms with Gasteiger partial charge in [0.1, 0.15) is 5.82 Å². The lowest BCUT2D eigenvalue weighted by atomic mass is 10.0. The summed E-state index contributed by atoms with van der Waals surface area (Å²) in [5.74, 6) is 0.544. The topological polar surface area (TPSA) is 66.0 Å². The van der Waals surface area contributed by atoms with Crippen molar-refractivity contribution in [2.24, 2.45) is 0 Å². The maximum absolute atomic E-state index is 11.9. The fraction of sp³-hybridized carbons (Fsp3) is 0.333. The van der Waals surface area contributed by atoms with Crippen molar-refractivity contribution in [1.82, 2.24) is 9.97 Å². The van der Waals surface area contributed by atoms with E-state index in [1.54, 1.807) is 26.8 Å². The van der Waals surface area contributed by atoms with Crippen LogP contribution < -0.4 is 5.56 Å². The van der Waals surface area contributed by atoms with Crippen LogP contribution >= 0.6 is 11.6 Å². The number of rotatable bonds is 1. The third-order valence-electron chi connectivity index (χ3n) is 2.78. The molecule has 2 N–H and O–H groups in total. The van der Waals surface area contributed by atoms with Gasteiger partial charge in [-0.2, -0.15) is 0 Å². The first-order valence-corrected chi connectivity index (χ1v) is 5.67. The minimum absolute atomic E-state index is 0.205. The SMILES string of the molecule is Cc1nc2cc(Cl)c(C(C)O)c(C)c2c(=O)[nH]1. The van der Waals surface area contributed by atoms with E-state index < -0.39 is 6.10 Å². The van der Waals surface area contributed by atoms with Crippen LogP contribution in [0, 0.1) is 13.8 Å². The standard InChI is InChI=1S/C12H13ClN2O2/c1-5-10(6(2)16)8(13)4-9-11(5)12(17)15-7(3)14-9/h4,6,16H,1-3H3,(H,14,15,17). The van der Waals surface area contributed by atoms with Crippen LogP contribution in [-0.4, -0.2) is 15.1 Å². The number of aryl methyl sites for hydroxylation is 2. The Kier molecular flexibility index (Phi) is 2.93. The maximum atomic E-state index is 11.9. The van der Waals surface area contributed by atoms with Crippen LogP contribution in [0.5, 0.6) is 0 Å². The number of halogens is 1. The number of hydrogen-bond donors (Lipinski definition) is 2. The lowest BCUT2D eigenvalue weighted by Crippen LogP contribution is -2.12. The Balaban J connectivity index is 2.97. The number of aromatic nitrogens is 2. The first-order valence-electron chi connectivity index (χ1n) is 5.29. The molecule has 17 heavy (non-hydrogen) atoms. The monoisotopic (exact) mass is 252 g/mol. The molecule has 5 heteroatoms. The zero-order valence-corrected chi connectivity index (χ0v) is 10.6. The molecule has 1 atom stereocenters. The van der Waals surface area contributed by atoms with Crippen LogP contribution in [-0.2, 0) is 0 Å². The summed E-state index contributed by atoms with van der Waals surface area (Å²) in [7, 11) is 0. The van der Waals surface area contributed by atoms with Crippen LogP contribution in [0.4, 0.5) is 0 Å². The van der Waals surface area contributed by atoms with E-state index in [4.69, 9.17) is 11.6 Å². The van der Waals surface area contributed by atoms with E-state index in [2.05, 4.69) is 9.97 Å². The van der Waals surface area contributed by atoms with E-state index in [0.717, 1.165) is 0 Å². The van der Waals surface area contributed by atoms with Crippen molar-refractivity contribution in [3.8, 4) is 0 Å². The van der Waals surface area contributed by atoms with E-state index in [-0.39, 0.29) is 5.56 Å². The number of benzene rings is 1. The number of nitrogens with zero attached hydrogens (tertiary/aromatic N) is 1. The number of aliphatic hydroxyl groups excluding tert-OH is 1. The summed E-state index contributed by atoms with van der Waals surface area (Å²) < 4.78 is 0. The summed E-state index contributed by atoms with van der Waals surface area (Å²) in [5.41, 5.74) is 1.60. The Bertz CT molecular complexity index is 647. The average Bonchev–Trinajstić information content (AvgIpc) is 2.13. The molecule has 0 amide bonds. The minimum atomic E-state index is -0.715. The van der Waals surface area contributed by atoms with Gasteiger partial charge in [-0.05, 0) is 32.4 Å². The van der Waals surface area contributed by atoms with Gasteiger partial charge in [0.05, 0.1) is 17.0 Å². The molecule has 1 heterocycles. The molecular formula is C12H13ClN2O2. The van der Waals surface area contributed by atoms with E-state index in [1.165, 1.54) is 0 Å². The van der Waals surface area contributed by atoms with Crippen molar-refractivity contribution >= 4 is 22.5 Å². The molecule has 90 valence electrons. The van der Waals surface area contributed by atoms with Crippen LogP contribution in [0.15, 0.2) is 10.9 Å². The second-order valence-corrected chi connectivity index (χ2v) is 4.53. The van der Waals surface area contributed by atoms with Gasteiger partial charge < -0.3 is 10.1 Å². The van der Waals surface area contributed by atoms with Gasteiger partial charge in [0.15, 0.2) is 0 Å². The zero-order chi connectivity index (χ0) is 12.7. The van der Waals surface area contributed by atoms with E-state index in [0.29, 0.717) is 32.9 Å². The number of aliphatic hydroxyl groups is 1. The van der Waals surface area contributed by atoms with Crippen molar-refractivity contribution in [3.05, 3.63) is 38.4 Å². The highest BCUT2D eigenvalue weighted by atomic mass is 35.5. The predicted molar refractivity (Wildman–Crippen MR) is 67.5 cm³/mol. The van der Waals surface area contributed by atoms with E-state index in [9.17, 15) is 9.90 Å².